The van der Waals surface area contributed by atoms with Crippen molar-refractivity contribution in [3.8, 4) is 5.69 Å². The lowest BCUT2D eigenvalue weighted by Gasteiger charge is -2.06. The molecule has 0 saturated heterocycles. The topological polar surface area (TPSA) is 103 Å². The zero-order chi connectivity index (χ0) is 19.7. The van der Waals surface area contributed by atoms with Crippen LogP contribution >= 0.6 is 0 Å². The summed E-state index contributed by atoms with van der Waals surface area (Å²) in [5, 5.41) is 18.9. The Balaban J connectivity index is 1.62. The molecule has 0 unspecified atom stereocenters. The number of anilines is 1. The normalized spacial score (nSPS) is 10.8. The number of nitrogens with one attached hydrogen (secondary N) is 1. The van der Waals surface area contributed by atoms with Gasteiger partial charge in [0.05, 0.1) is 28.2 Å². The van der Waals surface area contributed by atoms with Crippen LogP contribution in [0.1, 0.15) is 16.1 Å². The second-order valence-corrected chi connectivity index (χ2v) is 6.19. The second-order valence-electron chi connectivity index (χ2n) is 6.19. The summed E-state index contributed by atoms with van der Waals surface area (Å²) in [6.07, 6.45) is 1.56. The lowest BCUT2D eigenvalue weighted by molar-refractivity contribution is -0.384. The van der Waals surface area contributed by atoms with Crippen LogP contribution in [0, 0.1) is 17.0 Å². The predicted octanol–water partition coefficient (Wildman–Crippen LogP) is 3.89. The number of amides is 1. The van der Waals surface area contributed by atoms with Crippen LogP contribution in [0.3, 0.4) is 0 Å². The van der Waals surface area contributed by atoms with Crippen LogP contribution < -0.4 is 5.32 Å². The van der Waals surface area contributed by atoms with Crippen molar-refractivity contribution in [1.29, 1.82) is 0 Å². The Morgan fingerprint density at radius 2 is 1.82 bits per heavy atom. The first-order valence-corrected chi connectivity index (χ1v) is 8.49. The Kier molecular flexibility index (Phi) is 4.29. The minimum absolute atomic E-state index is 0.0661. The fourth-order valence-corrected chi connectivity index (χ4v) is 2.90. The molecule has 0 atom stereocenters. The summed E-state index contributed by atoms with van der Waals surface area (Å²) in [7, 11) is 0. The van der Waals surface area contributed by atoms with Crippen LogP contribution in [0.4, 0.5) is 11.4 Å². The number of carbonyl (C=O) groups excluding carboxylic acids is 1. The molecule has 0 bridgehead atoms. The average Bonchev–Trinajstić information content (AvgIpc) is 3.05. The van der Waals surface area contributed by atoms with Crippen LogP contribution in [0.5, 0.6) is 0 Å². The molecule has 8 nitrogen and oxygen atoms in total. The third kappa shape index (κ3) is 3.18. The van der Waals surface area contributed by atoms with Gasteiger partial charge in [-0.25, -0.2) is 9.67 Å². The highest BCUT2D eigenvalue weighted by molar-refractivity contribution is 6.05. The van der Waals surface area contributed by atoms with E-state index < -0.39 is 4.92 Å². The van der Waals surface area contributed by atoms with Gasteiger partial charge in [-0.2, -0.15) is 5.10 Å². The highest BCUT2D eigenvalue weighted by atomic mass is 16.6. The van der Waals surface area contributed by atoms with Crippen molar-refractivity contribution in [2.45, 2.75) is 6.92 Å². The SMILES string of the molecule is Cc1nn(-c2ccccc2)c2ncc(NC(=O)c3ccc([N+](=O)[O-])cc3)cc12. The number of carbonyl (C=O) groups is 1. The van der Waals surface area contributed by atoms with Gasteiger partial charge in [0.2, 0.25) is 0 Å². The summed E-state index contributed by atoms with van der Waals surface area (Å²) in [6, 6.07) is 16.9. The number of non-ortho nitro benzene ring substituents is 1. The third-order valence-corrected chi connectivity index (χ3v) is 4.31. The van der Waals surface area contributed by atoms with Crippen LogP contribution in [0.25, 0.3) is 16.7 Å². The molecule has 0 aliphatic carbocycles. The molecule has 138 valence electrons. The summed E-state index contributed by atoms with van der Waals surface area (Å²) in [4.78, 5) is 27.1. The molecular formula is C20H15N5O3. The van der Waals surface area contributed by atoms with E-state index in [9.17, 15) is 14.9 Å². The zero-order valence-electron chi connectivity index (χ0n) is 14.9. The molecule has 0 aliphatic rings. The summed E-state index contributed by atoms with van der Waals surface area (Å²) in [6.45, 7) is 1.88. The maximum Gasteiger partial charge on any atom is 0.269 e. The van der Waals surface area contributed by atoms with Crippen molar-refractivity contribution in [2.24, 2.45) is 0 Å². The monoisotopic (exact) mass is 373 g/mol. The Morgan fingerprint density at radius 1 is 1.11 bits per heavy atom. The standard InChI is InChI=1S/C20H15N5O3/c1-13-18-11-15(22-20(26)14-7-9-17(10-8-14)25(27)28)12-21-19(18)24(23-13)16-5-3-2-4-6-16/h2-12H,1H3,(H,22,26). The number of fused-ring (bicyclic) bond motifs is 1. The van der Waals surface area contributed by atoms with E-state index in [1.54, 1.807) is 10.9 Å². The fourth-order valence-electron chi connectivity index (χ4n) is 2.90. The maximum absolute atomic E-state index is 12.4. The molecule has 0 saturated carbocycles. The number of para-hydroxylation sites is 1. The first kappa shape index (κ1) is 17.3. The van der Waals surface area contributed by atoms with Gasteiger partial charge < -0.3 is 5.32 Å². The van der Waals surface area contributed by atoms with Gasteiger partial charge in [-0.1, -0.05) is 18.2 Å². The largest absolute Gasteiger partial charge is 0.321 e. The molecule has 0 spiro atoms. The number of rotatable bonds is 4. The van der Waals surface area contributed by atoms with Gasteiger partial charge in [0.25, 0.3) is 11.6 Å². The molecule has 1 amide bonds. The van der Waals surface area contributed by atoms with Crippen molar-refractivity contribution in [3.05, 3.63) is 88.2 Å². The smallest absolute Gasteiger partial charge is 0.269 e. The third-order valence-electron chi connectivity index (χ3n) is 4.31. The van der Waals surface area contributed by atoms with Crippen LogP contribution in [0.15, 0.2) is 66.9 Å². The summed E-state index contributed by atoms with van der Waals surface area (Å²) in [5.74, 6) is -0.371. The van der Waals surface area contributed by atoms with Crippen molar-refractivity contribution in [1.82, 2.24) is 14.8 Å². The van der Waals surface area contributed by atoms with E-state index in [1.165, 1.54) is 24.3 Å². The average molecular weight is 373 g/mol. The second kappa shape index (κ2) is 6.92. The molecule has 2 heterocycles. The number of nitro groups is 1. The van der Waals surface area contributed by atoms with Gasteiger partial charge in [-0.05, 0) is 37.3 Å². The van der Waals surface area contributed by atoms with Crippen LogP contribution in [-0.4, -0.2) is 25.6 Å². The molecule has 1 N–H and O–H groups in total. The molecule has 28 heavy (non-hydrogen) atoms. The lowest BCUT2D eigenvalue weighted by atomic mass is 10.2. The summed E-state index contributed by atoms with van der Waals surface area (Å²) < 4.78 is 1.76. The van der Waals surface area contributed by atoms with Gasteiger partial charge in [-0.15, -0.1) is 0 Å². The zero-order valence-corrected chi connectivity index (χ0v) is 14.9. The first-order chi connectivity index (χ1) is 13.5. The number of hydrogen-bond donors (Lipinski definition) is 1. The van der Waals surface area contributed by atoms with Crippen LogP contribution in [-0.2, 0) is 0 Å². The van der Waals surface area contributed by atoms with Gasteiger partial charge >= 0.3 is 0 Å². The van der Waals surface area contributed by atoms with Crippen molar-refractivity contribution in [3.63, 3.8) is 0 Å². The molecule has 0 fully saturated rings. The summed E-state index contributed by atoms with van der Waals surface area (Å²) >= 11 is 0. The summed E-state index contributed by atoms with van der Waals surface area (Å²) in [5.41, 5.74) is 3.16. The minimum Gasteiger partial charge on any atom is -0.321 e. The molecule has 8 heteroatoms. The molecular weight excluding hydrogens is 358 g/mol. The highest BCUT2D eigenvalue weighted by Crippen LogP contribution is 2.23. The fraction of sp³-hybridized carbons (Fsp3) is 0.0500. The van der Waals surface area contributed by atoms with E-state index in [0.29, 0.717) is 16.9 Å². The van der Waals surface area contributed by atoms with E-state index in [2.05, 4.69) is 15.4 Å². The predicted molar refractivity (Wildman–Crippen MR) is 105 cm³/mol. The Bertz CT molecular complexity index is 1180. The van der Waals surface area contributed by atoms with Crippen molar-refractivity contribution in [2.75, 3.05) is 5.32 Å². The van der Waals surface area contributed by atoms with Gasteiger partial charge in [-0.3, -0.25) is 14.9 Å². The minimum atomic E-state index is -0.507. The Morgan fingerprint density at radius 3 is 2.50 bits per heavy atom. The number of nitrogens with zero attached hydrogens (tertiary/aromatic N) is 4. The molecule has 4 aromatic rings. The quantitative estimate of drug-likeness (QED) is 0.432. The first-order valence-electron chi connectivity index (χ1n) is 8.49. The molecule has 4 rings (SSSR count). The van der Waals surface area contributed by atoms with E-state index >= 15 is 0 Å². The van der Waals surface area contributed by atoms with Gasteiger partial charge in [0.1, 0.15) is 0 Å². The number of pyridine rings is 1. The van der Waals surface area contributed by atoms with E-state index in [-0.39, 0.29) is 11.6 Å². The molecule has 2 aromatic carbocycles. The number of benzene rings is 2. The lowest BCUT2D eigenvalue weighted by Crippen LogP contribution is -2.12. The number of aryl methyl sites for hydroxylation is 1. The van der Waals surface area contributed by atoms with E-state index in [0.717, 1.165) is 16.8 Å². The number of nitro benzene ring substituents is 1. The van der Waals surface area contributed by atoms with Gasteiger partial charge in [0.15, 0.2) is 5.65 Å². The van der Waals surface area contributed by atoms with E-state index in [4.69, 9.17) is 0 Å². The maximum atomic E-state index is 12.4. The molecule has 2 aromatic heterocycles. The number of aromatic nitrogens is 3. The Hall–Kier alpha value is -4.07. The molecule has 0 radical (unpaired) electrons. The van der Waals surface area contributed by atoms with Gasteiger partial charge in [0, 0.05) is 23.1 Å². The van der Waals surface area contributed by atoms with Crippen molar-refractivity contribution >= 4 is 28.3 Å². The highest BCUT2D eigenvalue weighted by Gasteiger charge is 2.13. The van der Waals surface area contributed by atoms with Crippen molar-refractivity contribution < 1.29 is 9.72 Å². The number of hydrogen-bond acceptors (Lipinski definition) is 5. The van der Waals surface area contributed by atoms with Crippen LogP contribution in [0.2, 0.25) is 0 Å². The van der Waals surface area contributed by atoms with E-state index in [1.807, 2.05) is 43.3 Å². The Labute approximate surface area is 159 Å². The molecule has 0 aliphatic heterocycles.